The van der Waals surface area contributed by atoms with Crippen molar-refractivity contribution in [1.29, 1.82) is 0 Å². The van der Waals surface area contributed by atoms with Crippen LogP contribution in [0.4, 0.5) is 0 Å². The molecule has 0 aliphatic carbocycles. The van der Waals surface area contributed by atoms with Gasteiger partial charge in [0.1, 0.15) is 0 Å². The number of aromatic nitrogens is 3. The summed E-state index contributed by atoms with van der Waals surface area (Å²) in [4.78, 5) is 11.1. The maximum atomic E-state index is 11.1. The third-order valence-electron chi connectivity index (χ3n) is 2.98. The lowest BCUT2D eigenvalue weighted by molar-refractivity contribution is 0.0689. The van der Waals surface area contributed by atoms with Crippen LogP contribution in [0, 0.1) is 0 Å². The van der Waals surface area contributed by atoms with E-state index in [2.05, 4.69) is 10.3 Å². The van der Waals surface area contributed by atoms with Crippen LogP contribution in [0.5, 0.6) is 0 Å². The molecule has 3 rings (SSSR count). The Hall–Kier alpha value is -2.21. The monoisotopic (exact) mass is 273 g/mol. The van der Waals surface area contributed by atoms with Gasteiger partial charge in [0.2, 0.25) is 0 Å². The number of carboxylic acid groups (broad SMARTS) is 1. The number of aromatic carboxylic acids is 1. The lowest BCUT2D eigenvalue weighted by Crippen LogP contribution is -2.05. The number of carbonyl (C=O) groups is 1. The zero-order valence-corrected chi connectivity index (χ0v) is 11.0. The van der Waals surface area contributed by atoms with Crippen LogP contribution in [-0.2, 0) is 6.42 Å². The van der Waals surface area contributed by atoms with Crippen LogP contribution in [0.2, 0.25) is 0 Å². The molecule has 0 radical (unpaired) electrons. The predicted molar refractivity (Wildman–Crippen MR) is 73.1 cm³/mol. The van der Waals surface area contributed by atoms with Crippen LogP contribution in [0.1, 0.15) is 23.1 Å². The Kier molecular flexibility index (Phi) is 2.79. The molecule has 0 aliphatic rings. The van der Waals surface area contributed by atoms with Crippen molar-refractivity contribution in [3.05, 3.63) is 41.0 Å². The van der Waals surface area contributed by atoms with E-state index >= 15 is 0 Å². The Bertz CT molecular complexity index is 760. The van der Waals surface area contributed by atoms with Gasteiger partial charge in [0, 0.05) is 4.70 Å². The molecular weight excluding hydrogens is 262 g/mol. The molecule has 1 N–H and O–H groups in total. The first-order valence-electron chi connectivity index (χ1n) is 5.86. The van der Waals surface area contributed by atoms with Gasteiger partial charge in [0.05, 0.1) is 11.4 Å². The van der Waals surface area contributed by atoms with E-state index in [1.807, 2.05) is 36.6 Å². The van der Waals surface area contributed by atoms with Gasteiger partial charge in [-0.1, -0.05) is 12.1 Å². The van der Waals surface area contributed by atoms with Crippen molar-refractivity contribution < 1.29 is 9.90 Å². The highest BCUT2D eigenvalue weighted by Crippen LogP contribution is 2.24. The minimum atomic E-state index is -1.04. The van der Waals surface area contributed by atoms with E-state index in [1.54, 1.807) is 16.0 Å². The molecule has 0 atom stereocenters. The van der Waals surface area contributed by atoms with Crippen molar-refractivity contribution in [2.75, 3.05) is 0 Å². The summed E-state index contributed by atoms with van der Waals surface area (Å²) in [5, 5.41) is 19.9. The normalized spacial score (nSPS) is 11.0. The number of carboxylic acids is 1. The van der Waals surface area contributed by atoms with Crippen molar-refractivity contribution >= 4 is 27.4 Å². The first-order valence-corrected chi connectivity index (χ1v) is 6.74. The predicted octanol–water partition coefficient (Wildman–Crippen LogP) is 2.74. The Morgan fingerprint density at radius 2 is 2.26 bits per heavy atom. The average Bonchev–Trinajstić information content (AvgIpc) is 3.03. The average molecular weight is 273 g/mol. The summed E-state index contributed by atoms with van der Waals surface area (Å²) >= 11 is 1.67. The zero-order valence-electron chi connectivity index (χ0n) is 10.2. The minimum Gasteiger partial charge on any atom is -0.476 e. The third kappa shape index (κ3) is 1.90. The van der Waals surface area contributed by atoms with Crippen LogP contribution < -0.4 is 0 Å². The quantitative estimate of drug-likeness (QED) is 0.796. The molecule has 0 unspecified atom stereocenters. The van der Waals surface area contributed by atoms with Gasteiger partial charge in [0.15, 0.2) is 5.69 Å². The van der Waals surface area contributed by atoms with E-state index in [9.17, 15) is 4.79 Å². The Labute approximate surface area is 113 Å². The second-order valence-corrected chi connectivity index (χ2v) is 5.05. The smallest absolute Gasteiger partial charge is 0.358 e. The Balaban J connectivity index is 2.17. The van der Waals surface area contributed by atoms with E-state index in [-0.39, 0.29) is 5.69 Å². The van der Waals surface area contributed by atoms with Crippen LogP contribution in [0.25, 0.3) is 15.8 Å². The van der Waals surface area contributed by atoms with E-state index in [0.717, 1.165) is 11.1 Å². The molecule has 5 nitrogen and oxygen atoms in total. The second kappa shape index (κ2) is 4.47. The lowest BCUT2D eigenvalue weighted by Gasteiger charge is -2.05. The Morgan fingerprint density at radius 1 is 1.42 bits per heavy atom. The molecule has 19 heavy (non-hydrogen) atoms. The maximum absolute atomic E-state index is 11.1. The van der Waals surface area contributed by atoms with Gasteiger partial charge in [-0.15, -0.1) is 16.4 Å². The fourth-order valence-electron chi connectivity index (χ4n) is 2.08. The molecule has 0 bridgehead atoms. The van der Waals surface area contributed by atoms with Crippen molar-refractivity contribution in [1.82, 2.24) is 15.0 Å². The number of thiophene rings is 1. The fraction of sp³-hybridized carbons (Fsp3) is 0.154. The first kappa shape index (κ1) is 11.9. The summed E-state index contributed by atoms with van der Waals surface area (Å²) in [6.07, 6.45) is 0.566. The van der Waals surface area contributed by atoms with Gasteiger partial charge in [-0.05, 0) is 41.5 Å². The van der Waals surface area contributed by atoms with Crippen LogP contribution in [0.3, 0.4) is 0 Å². The standard InChI is InChI=1S/C13H11N3O2S/c1-2-10-12(13(17)18)14-15-16(10)9-3-4-11-8(7-9)5-6-19-11/h3-7H,2H2,1H3,(H,17,18). The Morgan fingerprint density at radius 3 is 3.00 bits per heavy atom. The summed E-state index contributed by atoms with van der Waals surface area (Å²) in [5.41, 5.74) is 1.47. The first-order chi connectivity index (χ1) is 9.20. The van der Waals surface area contributed by atoms with Crippen molar-refractivity contribution in [3.8, 4) is 5.69 Å². The highest BCUT2D eigenvalue weighted by atomic mass is 32.1. The molecule has 0 fully saturated rings. The number of rotatable bonds is 3. The fourth-order valence-corrected chi connectivity index (χ4v) is 2.85. The minimum absolute atomic E-state index is 0.0212. The van der Waals surface area contributed by atoms with Crippen LogP contribution in [-0.4, -0.2) is 26.1 Å². The van der Waals surface area contributed by atoms with Crippen molar-refractivity contribution in [3.63, 3.8) is 0 Å². The molecule has 1 aromatic carbocycles. The molecule has 3 aromatic rings. The van der Waals surface area contributed by atoms with Crippen molar-refractivity contribution in [2.24, 2.45) is 0 Å². The van der Waals surface area contributed by atoms with Gasteiger partial charge in [-0.3, -0.25) is 0 Å². The van der Waals surface area contributed by atoms with Gasteiger partial charge >= 0.3 is 5.97 Å². The maximum Gasteiger partial charge on any atom is 0.358 e. The van der Waals surface area contributed by atoms with E-state index < -0.39 is 5.97 Å². The molecule has 6 heteroatoms. The summed E-state index contributed by atoms with van der Waals surface area (Å²) in [5.74, 6) is -1.04. The number of nitrogens with zero attached hydrogens (tertiary/aromatic N) is 3. The highest BCUT2D eigenvalue weighted by molar-refractivity contribution is 7.17. The SMILES string of the molecule is CCc1c(C(=O)O)nnn1-c1ccc2sccc2c1. The number of hydrogen-bond acceptors (Lipinski definition) is 4. The summed E-state index contributed by atoms with van der Waals surface area (Å²) in [7, 11) is 0. The molecule has 0 aliphatic heterocycles. The lowest BCUT2D eigenvalue weighted by atomic mass is 10.2. The van der Waals surface area contributed by atoms with Gasteiger partial charge in [-0.25, -0.2) is 9.48 Å². The summed E-state index contributed by atoms with van der Waals surface area (Å²) in [6.45, 7) is 1.89. The van der Waals surface area contributed by atoms with Crippen LogP contribution >= 0.6 is 11.3 Å². The van der Waals surface area contributed by atoms with E-state index in [1.165, 1.54) is 4.70 Å². The zero-order chi connectivity index (χ0) is 13.4. The summed E-state index contributed by atoms with van der Waals surface area (Å²) in [6, 6.07) is 7.96. The number of fused-ring (bicyclic) bond motifs is 1. The molecule has 0 amide bonds. The highest BCUT2D eigenvalue weighted by Gasteiger charge is 2.18. The molecule has 0 spiro atoms. The molecule has 2 aromatic heterocycles. The third-order valence-corrected chi connectivity index (χ3v) is 3.88. The van der Waals surface area contributed by atoms with Gasteiger partial charge < -0.3 is 5.11 Å². The van der Waals surface area contributed by atoms with Crippen LogP contribution in [0.15, 0.2) is 29.6 Å². The summed E-state index contributed by atoms with van der Waals surface area (Å²) < 4.78 is 2.79. The topological polar surface area (TPSA) is 68.0 Å². The van der Waals surface area contributed by atoms with E-state index in [4.69, 9.17) is 5.11 Å². The second-order valence-electron chi connectivity index (χ2n) is 4.10. The molecule has 0 saturated carbocycles. The largest absolute Gasteiger partial charge is 0.476 e. The van der Waals surface area contributed by atoms with Gasteiger partial charge in [0.25, 0.3) is 0 Å². The molecule has 0 saturated heterocycles. The number of benzene rings is 1. The molecule has 96 valence electrons. The van der Waals surface area contributed by atoms with Gasteiger partial charge in [-0.2, -0.15) is 0 Å². The van der Waals surface area contributed by atoms with E-state index in [0.29, 0.717) is 12.1 Å². The molecule has 2 heterocycles. The molecular formula is C13H11N3O2S. The van der Waals surface area contributed by atoms with Crippen molar-refractivity contribution in [2.45, 2.75) is 13.3 Å². The number of hydrogen-bond donors (Lipinski definition) is 1.